The molecule has 0 spiro atoms. The lowest BCUT2D eigenvalue weighted by Gasteiger charge is -2.20. The van der Waals surface area contributed by atoms with Crippen LogP contribution < -0.4 is 44.5 Å². The SMILES string of the molecule is CCCCCCCCCC(C)Cn1c(=O)c2ccoc2c2oc(-c3cc4c(=O)n(CC(C)C(C)CCCCCCC)c(=O)c5cc(-c6cc7c(=O)n(CC(C)CCCCCCCCC)c(=O)c8cc(-c9cc%10c(=O)n(CC(C)C(C)CCCCCCC)c(=O)c%11ccoc%11c%10o9)oc8c7o6)oc5c4o3)cc2c1=O. The highest BCUT2D eigenvalue weighted by molar-refractivity contribution is 6.05. The van der Waals surface area contributed by atoms with E-state index in [1.165, 1.54) is 131 Å². The van der Waals surface area contributed by atoms with Gasteiger partial charge in [-0.2, -0.15) is 0 Å². The van der Waals surface area contributed by atoms with Crippen molar-refractivity contribution < 1.29 is 35.3 Å². The van der Waals surface area contributed by atoms with Crippen molar-refractivity contribution in [2.45, 2.75) is 275 Å². The monoisotopic (exact) mass is 1480 g/mol. The maximum Gasteiger partial charge on any atom is 0.264 e. The average molecular weight is 1480 g/mol. The molecule has 20 nitrogen and oxygen atoms in total. The number of fused-ring (bicyclic) bond motifs is 12. The highest BCUT2D eigenvalue weighted by atomic mass is 16.4. The van der Waals surface area contributed by atoms with Crippen molar-refractivity contribution in [1.82, 2.24) is 18.3 Å². The second-order valence-corrected chi connectivity index (χ2v) is 31.7. The van der Waals surface area contributed by atoms with Crippen LogP contribution in [0.2, 0.25) is 0 Å². The van der Waals surface area contributed by atoms with Gasteiger partial charge >= 0.3 is 0 Å². The lowest BCUT2D eigenvalue weighted by molar-refractivity contribution is 0.309. The van der Waals surface area contributed by atoms with Crippen LogP contribution in [0.3, 0.4) is 0 Å². The smallest absolute Gasteiger partial charge is 0.264 e. The first-order valence-corrected chi connectivity index (χ1v) is 40.7. The number of aromatic nitrogens is 4. The highest BCUT2D eigenvalue weighted by Gasteiger charge is 2.30. The Morgan fingerprint density at radius 1 is 0.250 bits per heavy atom. The summed E-state index contributed by atoms with van der Waals surface area (Å²) in [6, 6.07) is 11.9. The molecule has 12 heterocycles. The van der Waals surface area contributed by atoms with Gasteiger partial charge in [-0.05, 0) is 60.5 Å². The van der Waals surface area contributed by atoms with Crippen LogP contribution in [0.5, 0.6) is 0 Å². The van der Waals surface area contributed by atoms with Gasteiger partial charge in [-0.15, -0.1) is 0 Å². The largest absolute Gasteiger partial charge is 0.460 e. The standard InChI is InChI=1S/C88H110N4O16/c1-11-15-19-23-25-29-31-35-53(5)49-89-81(93)59-39-41-101-73(59)75-61(83(89)95)43-67(103-75)70-47-65-79(106-70)80-66(88(100)92(87(65)99)52-58(10)56(8)38-34-28-22-18-14-4)48-72(108-80)71-46-64-78(107-71)77-63(84(96)90(85(64)97)50-54(6)36-32-30-26-24-20-16-12-2)45-69(105-77)68-44-62-76(104-68)74-60(40-42-102-74)82(94)91(86(62)98)51-57(9)55(7)37-33-27-21-17-13-3/h39-48,53-58H,11-38,49-52H2,1-10H3. The van der Waals surface area contributed by atoms with Crippen molar-refractivity contribution in [3.05, 3.63) is 144 Å². The summed E-state index contributed by atoms with van der Waals surface area (Å²) < 4.78 is 56.8. The molecule has 108 heavy (non-hydrogen) atoms. The number of hydrogen-bond acceptors (Lipinski definition) is 16. The fourth-order valence-corrected chi connectivity index (χ4v) is 15.9. The molecule has 0 saturated carbocycles. The number of nitrogens with zero attached hydrogens (tertiary/aromatic N) is 4. The molecular weight excluding hydrogens is 1370 g/mol. The normalized spacial score (nSPS) is 14.0. The number of furan rings is 8. The van der Waals surface area contributed by atoms with E-state index in [-0.39, 0.29) is 184 Å². The van der Waals surface area contributed by atoms with Crippen LogP contribution in [0, 0.1) is 35.5 Å². The minimum absolute atomic E-state index is 0.00255. The zero-order valence-electron chi connectivity index (χ0n) is 65.2. The summed E-state index contributed by atoms with van der Waals surface area (Å²) in [5.41, 5.74) is -5.11. The number of rotatable bonds is 41. The highest BCUT2D eigenvalue weighted by Crippen LogP contribution is 2.41. The molecule has 0 radical (unpaired) electrons. The van der Waals surface area contributed by atoms with E-state index >= 15 is 19.2 Å². The summed E-state index contributed by atoms with van der Waals surface area (Å²) in [5, 5.41) is 0.276. The molecule has 0 saturated heterocycles. The van der Waals surface area contributed by atoms with E-state index in [9.17, 15) is 19.2 Å². The lowest BCUT2D eigenvalue weighted by Crippen LogP contribution is -2.33. The fourth-order valence-electron chi connectivity index (χ4n) is 15.9. The van der Waals surface area contributed by atoms with Gasteiger partial charge in [0, 0.05) is 62.6 Å². The maximum atomic E-state index is 15.4. The molecular formula is C88H110N4O16. The van der Waals surface area contributed by atoms with Crippen LogP contribution >= 0.6 is 0 Å². The third-order valence-electron chi connectivity index (χ3n) is 23.1. The molecule has 0 bridgehead atoms. The zero-order chi connectivity index (χ0) is 76.4. The first-order valence-electron chi connectivity index (χ1n) is 40.7. The molecule has 20 heteroatoms. The van der Waals surface area contributed by atoms with Gasteiger partial charge in [0.25, 0.3) is 44.5 Å². The molecule has 0 N–H and O–H groups in total. The van der Waals surface area contributed by atoms with Gasteiger partial charge in [0.1, 0.15) is 0 Å². The molecule has 0 aliphatic carbocycles. The van der Waals surface area contributed by atoms with Crippen molar-refractivity contribution in [2.24, 2.45) is 35.5 Å². The Labute approximate surface area is 627 Å². The molecule has 12 rings (SSSR count). The molecule has 0 fully saturated rings. The summed E-state index contributed by atoms with van der Waals surface area (Å²) in [7, 11) is 0. The third-order valence-corrected chi connectivity index (χ3v) is 23.1. The molecule has 12 aromatic heterocycles. The average Bonchev–Trinajstić information content (AvgIpc) is 1.58. The molecule has 0 aromatic carbocycles. The Morgan fingerprint density at radius 3 is 0.722 bits per heavy atom. The molecule has 6 atom stereocenters. The van der Waals surface area contributed by atoms with Crippen LogP contribution in [0.1, 0.15) is 249 Å². The minimum atomic E-state index is -0.665. The number of hydrogen-bond donors (Lipinski definition) is 0. The third kappa shape index (κ3) is 16.7. The van der Waals surface area contributed by atoms with E-state index in [2.05, 4.69) is 48.5 Å². The maximum absolute atomic E-state index is 15.4. The topological polar surface area (TPSA) is 261 Å². The Balaban J connectivity index is 0.988. The van der Waals surface area contributed by atoms with Gasteiger partial charge < -0.3 is 35.3 Å². The molecule has 0 aliphatic heterocycles. The van der Waals surface area contributed by atoms with Crippen LogP contribution in [-0.4, -0.2) is 18.3 Å². The van der Waals surface area contributed by atoms with Gasteiger partial charge in [-0.3, -0.25) is 56.6 Å². The van der Waals surface area contributed by atoms with Crippen molar-refractivity contribution in [1.29, 1.82) is 0 Å². The Kier molecular flexibility index (Phi) is 25.7. The summed E-state index contributed by atoms with van der Waals surface area (Å²) in [6.07, 6.45) is 32.9. The second kappa shape index (κ2) is 35.4. The van der Waals surface area contributed by atoms with Gasteiger partial charge in [0.05, 0.1) is 55.6 Å². The van der Waals surface area contributed by atoms with Crippen LogP contribution in [0.15, 0.2) is 135 Å². The molecule has 578 valence electrons. The summed E-state index contributed by atoms with van der Waals surface area (Å²) in [4.78, 5) is 120. The Hall–Kier alpha value is -9.20. The number of unbranched alkanes of at least 4 members (excludes halogenated alkanes) is 20. The van der Waals surface area contributed by atoms with Crippen LogP contribution in [0.4, 0.5) is 0 Å². The Bertz CT molecular complexity index is 5670. The van der Waals surface area contributed by atoms with Gasteiger partial charge in [0.2, 0.25) is 0 Å². The fraction of sp³-hybridized carbons (Fsp3) is 0.545. The van der Waals surface area contributed by atoms with E-state index in [0.29, 0.717) is 0 Å². The summed E-state index contributed by atoms with van der Waals surface area (Å²) in [5.74, 6) is 0.0521. The quantitative estimate of drug-likeness (QED) is 0.0322. The van der Waals surface area contributed by atoms with Crippen molar-refractivity contribution >= 4 is 87.8 Å². The van der Waals surface area contributed by atoms with E-state index in [1.807, 2.05) is 20.8 Å². The predicted octanol–water partition coefficient (Wildman–Crippen LogP) is 21.6. The van der Waals surface area contributed by atoms with Gasteiger partial charge in [0.15, 0.2) is 79.2 Å². The van der Waals surface area contributed by atoms with E-state index < -0.39 is 44.5 Å². The lowest BCUT2D eigenvalue weighted by atomic mass is 9.90. The molecule has 12 aromatic rings. The van der Waals surface area contributed by atoms with E-state index in [0.717, 1.165) is 128 Å². The predicted molar refractivity (Wildman–Crippen MR) is 430 cm³/mol. The van der Waals surface area contributed by atoms with Crippen molar-refractivity contribution in [3.8, 4) is 34.6 Å². The minimum Gasteiger partial charge on any atom is -0.460 e. The van der Waals surface area contributed by atoms with Crippen LogP contribution in [0.25, 0.3) is 122 Å². The van der Waals surface area contributed by atoms with Crippen molar-refractivity contribution in [2.75, 3.05) is 0 Å². The van der Waals surface area contributed by atoms with Crippen molar-refractivity contribution in [3.63, 3.8) is 0 Å². The summed E-state index contributed by atoms with van der Waals surface area (Å²) in [6.45, 7) is 21.6. The molecule has 6 unspecified atom stereocenters. The first kappa shape index (κ1) is 78.4. The molecule has 0 aliphatic rings. The van der Waals surface area contributed by atoms with Crippen LogP contribution in [-0.2, 0) is 26.2 Å². The molecule has 0 amide bonds. The van der Waals surface area contributed by atoms with Gasteiger partial charge in [-0.1, -0.05) is 236 Å². The Morgan fingerprint density at radius 2 is 0.463 bits per heavy atom. The first-order chi connectivity index (χ1) is 52.2. The summed E-state index contributed by atoms with van der Waals surface area (Å²) >= 11 is 0. The second-order valence-electron chi connectivity index (χ2n) is 31.7. The van der Waals surface area contributed by atoms with E-state index in [4.69, 9.17) is 35.3 Å². The van der Waals surface area contributed by atoms with Gasteiger partial charge in [-0.25, -0.2) is 0 Å². The van der Waals surface area contributed by atoms with E-state index in [1.54, 1.807) is 0 Å². The zero-order valence-corrected chi connectivity index (χ0v) is 65.2.